The van der Waals surface area contributed by atoms with E-state index in [1.807, 2.05) is 6.92 Å². The third-order valence-electron chi connectivity index (χ3n) is 12.9. The molecule has 0 saturated heterocycles. The maximum Gasteiger partial charge on any atom is 0.356 e. The third-order valence-corrected chi connectivity index (χ3v) is 12.9. The lowest BCUT2D eigenvalue weighted by atomic mass is 10.1. The van der Waals surface area contributed by atoms with Gasteiger partial charge in [-0.25, -0.2) is 34.5 Å². The number of esters is 1. The number of nitrogens with two attached hydrogens (primary N) is 1. The van der Waals surface area contributed by atoms with E-state index in [0.29, 0.717) is 50.9 Å². The fourth-order valence-corrected chi connectivity index (χ4v) is 9.29. The summed E-state index contributed by atoms with van der Waals surface area (Å²) in [5.41, 5.74) is 7.92. The van der Waals surface area contributed by atoms with Crippen LogP contribution in [0.1, 0.15) is 80.1 Å². The SMILES string of the molecule is CCOc1cc(C(=O)Nc2cccc3c(OCC)cc(C(=O)Nc4cccc5c(OCC)cc(C(=O)Nc6cccc7c(OCC)cc(C(=O)Nc8cccc9c(OCC(=O)O)cc(C(=O)OC)nc89)nc67)nc45)nc23)nc2c(N)cccc12. The average Bonchev–Trinajstić information content (AvgIpc) is 3.70. The van der Waals surface area contributed by atoms with Crippen LogP contribution in [-0.2, 0) is 9.53 Å². The Balaban J connectivity index is 0.964. The predicted molar refractivity (Wildman–Crippen MR) is 314 cm³/mol. The molecule has 0 atom stereocenters. The zero-order valence-corrected chi connectivity index (χ0v) is 45.7. The van der Waals surface area contributed by atoms with Gasteiger partial charge in [0.05, 0.1) is 89.6 Å². The highest BCUT2D eigenvalue weighted by molar-refractivity contribution is 6.15. The van der Waals surface area contributed by atoms with Crippen molar-refractivity contribution in [2.75, 3.05) is 67.1 Å². The minimum Gasteiger partial charge on any atom is -0.493 e. The Kier molecular flexibility index (Phi) is 16.2. The minimum atomic E-state index is -1.26. The van der Waals surface area contributed by atoms with Gasteiger partial charge in [-0.3, -0.25) is 19.2 Å². The first-order valence-electron chi connectivity index (χ1n) is 26.3. The van der Waals surface area contributed by atoms with Crippen molar-refractivity contribution in [2.24, 2.45) is 0 Å². The number of nitrogens with one attached hydrogen (secondary N) is 4. The molecule has 0 spiro atoms. The summed E-state index contributed by atoms with van der Waals surface area (Å²) in [6.45, 7) is 7.39. The fraction of sp³-hybridized carbons (Fsp3) is 0.164. The second-order valence-corrected chi connectivity index (χ2v) is 18.3. The number of amides is 4. The second kappa shape index (κ2) is 24.2. The van der Waals surface area contributed by atoms with Gasteiger partial charge >= 0.3 is 11.9 Å². The van der Waals surface area contributed by atoms with Gasteiger partial charge in [-0.1, -0.05) is 30.3 Å². The van der Waals surface area contributed by atoms with Crippen molar-refractivity contribution in [3.63, 3.8) is 0 Å². The number of hydrogen-bond donors (Lipinski definition) is 6. The van der Waals surface area contributed by atoms with E-state index in [9.17, 15) is 33.9 Å². The Morgan fingerprint density at radius 3 is 0.988 bits per heavy atom. The van der Waals surface area contributed by atoms with Gasteiger partial charge in [-0.2, -0.15) is 0 Å². The Hall–Kier alpha value is -11.2. The predicted octanol–water partition coefficient (Wildman–Crippen LogP) is 9.86. The lowest BCUT2D eigenvalue weighted by Crippen LogP contribution is -2.18. The largest absolute Gasteiger partial charge is 0.493 e. The lowest BCUT2D eigenvalue weighted by molar-refractivity contribution is -0.139. The molecule has 0 aliphatic carbocycles. The summed E-state index contributed by atoms with van der Waals surface area (Å²) >= 11 is 0. The number of pyridine rings is 5. The van der Waals surface area contributed by atoms with Crippen LogP contribution in [0.2, 0.25) is 0 Å². The quantitative estimate of drug-likeness (QED) is 0.0305. The molecule has 4 amide bonds. The van der Waals surface area contributed by atoms with Gasteiger partial charge in [-0.05, 0) is 88.4 Å². The molecular weight excluding hydrogens is 1080 g/mol. The van der Waals surface area contributed by atoms with E-state index in [4.69, 9.17) is 49.1 Å². The van der Waals surface area contributed by atoms with E-state index < -0.39 is 42.2 Å². The average molecular weight is 1130 g/mol. The monoisotopic (exact) mass is 1130 g/mol. The molecule has 0 fully saturated rings. The molecule has 0 aliphatic rings. The van der Waals surface area contributed by atoms with Crippen molar-refractivity contribution >= 4 is 119 Å². The minimum absolute atomic E-state index is 0.00644. The molecule has 0 radical (unpaired) electrons. The maximum absolute atomic E-state index is 14.6. The summed E-state index contributed by atoms with van der Waals surface area (Å²) in [5.74, 6) is -3.54. The van der Waals surface area contributed by atoms with Crippen LogP contribution in [0.3, 0.4) is 0 Å². The van der Waals surface area contributed by atoms with Crippen LogP contribution < -0.4 is 50.7 Å². The molecule has 0 aliphatic heterocycles. The fourth-order valence-electron chi connectivity index (χ4n) is 9.29. The molecule has 0 bridgehead atoms. The number of aliphatic carboxylic acids is 1. The number of aromatic nitrogens is 5. The number of methoxy groups -OCH3 is 1. The number of fused-ring (bicyclic) bond motifs is 5. The van der Waals surface area contributed by atoms with Crippen LogP contribution in [0.25, 0.3) is 54.5 Å². The van der Waals surface area contributed by atoms with E-state index in [-0.39, 0.29) is 116 Å². The second-order valence-electron chi connectivity index (χ2n) is 18.3. The van der Waals surface area contributed by atoms with Gasteiger partial charge < -0.3 is 60.5 Å². The zero-order valence-electron chi connectivity index (χ0n) is 45.7. The topological polar surface area (TPSA) is 317 Å². The molecule has 23 nitrogen and oxygen atoms in total. The summed E-state index contributed by atoms with van der Waals surface area (Å²) in [6, 6.07) is 32.2. The number of rotatable bonds is 20. The number of carboxylic acids is 1. The van der Waals surface area contributed by atoms with Gasteiger partial charge in [0.1, 0.15) is 51.5 Å². The van der Waals surface area contributed by atoms with Crippen LogP contribution in [-0.4, -0.2) is 106 Å². The van der Waals surface area contributed by atoms with Crippen LogP contribution in [0.4, 0.5) is 28.4 Å². The van der Waals surface area contributed by atoms with Crippen LogP contribution in [0.15, 0.2) is 121 Å². The number of nitrogen functional groups attached to an aromatic ring is 1. The van der Waals surface area contributed by atoms with E-state index in [2.05, 4.69) is 31.2 Å². The van der Waals surface area contributed by atoms with E-state index >= 15 is 0 Å². The number of carbonyl (C=O) groups is 6. The van der Waals surface area contributed by atoms with Crippen LogP contribution in [0, 0.1) is 0 Å². The Morgan fingerprint density at radius 1 is 0.405 bits per heavy atom. The molecule has 5 aromatic heterocycles. The molecule has 10 rings (SSSR count). The molecule has 23 heteroatoms. The Morgan fingerprint density at radius 2 is 0.679 bits per heavy atom. The number of ether oxygens (including phenoxy) is 6. The molecule has 424 valence electrons. The number of benzene rings is 5. The van der Waals surface area contributed by atoms with Gasteiger partial charge in [0.15, 0.2) is 12.3 Å². The molecule has 7 N–H and O–H groups in total. The molecule has 10 aromatic rings. The van der Waals surface area contributed by atoms with Gasteiger partial charge in [-0.15, -0.1) is 0 Å². The molecule has 5 aromatic carbocycles. The molecule has 0 saturated carbocycles. The van der Waals surface area contributed by atoms with Crippen molar-refractivity contribution in [3.8, 4) is 28.7 Å². The van der Waals surface area contributed by atoms with E-state index in [1.165, 1.54) is 36.4 Å². The first kappa shape index (κ1) is 56.1. The van der Waals surface area contributed by atoms with Crippen molar-refractivity contribution in [1.82, 2.24) is 24.9 Å². The first-order valence-corrected chi connectivity index (χ1v) is 26.3. The highest BCUT2D eigenvalue weighted by atomic mass is 16.5. The highest BCUT2D eigenvalue weighted by Gasteiger charge is 2.25. The summed E-state index contributed by atoms with van der Waals surface area (Å²) < 4.78 is 34.3. The third kappa shape index (κ3) is 11.4. The molecule has 0 unspecified atom stereocenters. The van der Waals surface area contributed by atoms with E-state index in [1.54, 1.807) is 106 Å². The number of carbonyl (C=O) groups excluding carboxylic acids is 5. The first-order chi connectivity index (χ1) is 40.7. The Labute approximate surface area is 477 Å². The lowest BCUT2D eigenvalue weighted by Gasteiger charge is -2.16. The summed E-state index contributed by atoms with van der Waals surface area (Å²) in [5, 5.41) is 23.2. The molecule has 5 heterocycles. The van der Waals surface area contributed by atoms with Crippen LogP contribution in [0.5, 0.6) is 28.7 Å². The Bertz CT molecular complexity index is 4330. The zero-order chi connectivity index (χ0) is 59.2. The van der Waals surface area contributed by atoms with E-state index in [0.717, 1.165) is 7.11 Å². The van der Waals surface area contributed by atoms with Gasteiger partial charge in [0.2, 0.25) is 0 Å². The summed E-state index contributed by atoms with van der Waals surface area (Å²) in [4.78, 5) is 105. The summed E-state index contributed by atoms with van der Waals surface area (Å²) in [7, 11) is 1.16. The molecule has 84 heavy (non-hydrogen) atoms. The van der Waals surface area contributed by atoms with Gasteiger partial charge in [0.25, 0.3) is 23.6 Å². The van der Waals surface area contributed by atoms with Gasteiger partial charge in [0, 0.05) is 57.3 Å². The number of carboxylic acid groups (broad SMARTS) is 1. The van der Waals surface area contributed by atoms with Crippen molar-refractivity contribution < 1.29 is 62.3 Å². The maximum atomic E-state index is 14.6. The van der Waals surface area contributed by atoms with Crippen molar-refractivity contribution in [2.45, 2.75) is 27.7 Å². The molecular formula is C61H52N10O13. The number of para-hydroxylation sites is 5. The number of anilines is 5. The smallest absolute Gasteiger partial charge is 0.356 e. The van der Waals surface area contributed by atoms with Crippen LogP contribution >= 0.6 is 0 Å². The normalized spacial score (nSPS) is 11.1. The summed E-state index contributed by atoms with van der Waals surface area (Å²) in [6.07, 6.45) is 0. The van der Waals surface area contributed by atoms with Crippen molar-refractivity contribution in [1.29, 1.82) is 0 Å². The number of nitrogens with zero attached hydrogens (tertiary/aromatic N) is 5. The number of hydrogen-bond acceptors (Lipinski definition) is 18. The van der Waals surface area contributed by atoms with Crippen molar-refractivity contribution in [3.05, 3.63) is 150 Å². The standard InChI is InChI=1S/C61H52N10O13/c1-6-80-46-25-41(63-52-31(46)15-10-20-36(52)62)57(74)68-37-21-11-16-32-47(81-7-2)26-42(64-53(32)37)58(75)69-38-22-12-17-33-48(82-8-3)27-43(65-54(33)38)59(76)70-39-23-13-18-34-49(83-9-4)28-44(66-55(34)39)60(77)71-40-24-14-19-35-50(84-30-51(72)73)29-45(61(78)79-5)67-56(35)40/h10-29H,6-9,30,62H2,1-5H3,(H,68,74)(H,69,75)(H,70,76)(H,71,77)(H,72,73). The highest BCUT2D eigenvalue weighted by Crippen LogP contribution is 2.37.